The fraction of sp³-hybridized carbons (Fsp3) is 0.364. The van der Waals surface area contributed by atoms with Crippen molar-refractivity contribution in [1.29, 1.82) is 5.26 Å². The number of nitrogens with two attached hydrogens (primary N) is 1. The maximum absolute atomic E-state index is 14.4. The van der Waals surface area contributed by atoms with Gasteiger partial charge in [-0.1, -0.05) is 6.07 Å². The van der Waals surface area contributed by atoms with Gasteiger partial charge in [-0.2, -0.15) is 5.26 Å². The summed E-state index contributed by atoms with van der Waals surface area (Å²) in [7, 11) is 3.76. The lowest BCUT2D eigenvalue weighted by Crippen LogP contribution is -2.52. The first-order valence-electron chi connectivity index (χ1n) is 10.2. The molecule has 8 nitrogen and oxygen atoms in total. The van der Waals surface area contributed by atoms with E-state index in [1.165, 1.54) is 12.1 Å². The molecule has 2 aliphatic rings. The van der Waals surface area contributed by atoms with Crippen molar-refractivity contribution in [2.75, 3.05) is 37.0 Å². The molecule has 9 heteroatoms. The molecule has 0 aliphatic carbocycles. The number of hydrogen-bond acceptors (Lipinski definition) is 8. The molecule has 2 aliphatic heterocycles. The maximum Gasteiger partial charge on any atom is 0.224 e. The molecular formula is C22H25FN8. The number of hydrogen-bond donors (Lipinski definition) is 1. The number of nitriles is 1. The molecular weight excluding hydrogens is 395 g/mol. The third-order valence-electron chi connectivity index (χ3n) is 5.53. The zero-order valence-corrected chi connectivity index (χ0v) is 17.6. The number of anilines is 2. The standard InChI is InChI=1S/C22H25FN8/c1-29(2)21-27-13-18(14-28-21)31-20(15-3-4-16(12-24)19(23)11-15)5-8-26-22(31)30-9-6-17(25)7-10-30/h3-5,8,11,13-14,17,22H,6-7,9-10,25H2,1-2H3. The minimum atomic E-state index is -0.553. The second kappa shape index (κ2) is 8.79. The normalized spacial score (nSPS) is 19.8. The van der Waals surface area contributed by atoms with E-state index in [-0.39, 0.29) is 17.9 Å². The molecule has 1 aromatic carbocycles. The average Bonchev–Trinajstić information content (AvgIpc) is 2.79. The predicted octanol–water partition coefficient (Wildman–Crippen LogP) is 2.19. The highest BCUT2D eigenvalue weighted by Crippen LogP contribution is 2.33. The van der Waals surface area contributed by atoms with Crippen LogP contribution >= 0.6 is 0 Å². The predicted molar refractivity (Wildman–Crippen MR) is 119 cm³/mol. The summed E-state index contributed by atoms with van der Waals surface area (Å²) in [6.07, 6.45) is 8.55. The highest BCUT2D eigenvalue weighted by molar-refractivity contribution is 5.93. The van der Waals surface area contributed by atoms with Crippen molar-refractivity contribution in [3.63, 3.8) is 0 Å². The molecule has 0 radical (unpaired) electrons. The van der Waals surface area contributed by atoms with Gasteiger partial charge in [0.2, 0.25) is 5.95 Å². The van der Waals surface area contributed by atoms with Crippen LogP contribution in [0.5, 0.6) is 0 Å². The third-order valence-corrected chi connectivity index (χ3v) is 5.53. The third kappa shape index (κ3) is 4.26. The Kier molecular flexibility index (Phi) is 5.93. The molecule has 160 valence electrons. The lowest BCUT2D eigenvalue weighted by molar-refractivity contribution is 0.160. The van der Waals surface area contributed by atoms with Crippen LogP contribution in [0.3, 0.4) is 0 Å². The molecule has 3 heterocycles. The number of likely N-dealkylation sites (tertiary alicyclic amines) is 1. The van der Waals surface area contributed by atoms with Gasteiger partial charge in [-0.3, -0.25) is 9.89 Å². The second-order valence-electron chi connectivity index (χ2n) is 7.88. The van der Waals surface area contributed by atoms with Gasteiger partial charge in [0.05, 0.1) is 29.3 Å². The Morgan fingerprint density at radius 2 is 1.90 bits per heavy atom. The number of nitrogens with zero attached hydrogens (tertiary/aromatic N) is 7. The molecule has 1 unspecified atom stereocenters. The van der Waals surface area contributed by atoms with Gasteiger partial charge in [-0.05, 0) is 31.1 Å². The topological polar surface area (TPSA) is 97.7 Å². The molecule has 31 heavy (non-hydrogen) atoms. The Balaban J connectivity index is 1.75. The minimum Gasteiger partial charge on any atom is -0.347 e. The van der Waals surface area contributed by atoms with E-state index in [4.69, 9.17) is 16.0 Å². The van der Waals surface area contributed by atoms with Gasteiger partial charge >= 0.3 is 0 Å². The molecule has 0 saturated carbocycles. The number of rotatable bonds is 4. The molecule has 1 aromatic heterocycles. The van der Waals surface area contributed by atoms with Gasteiger partial charge in [0.25, 0.3) is 0 Å². The van der Waals surface area contributed by atoms with E-state index >= 15 is 0 Å². The van der Waals surface area contributed by atoms with Gasteiger partial charge in [0.15, 0.2) is 6.29 Å². The number of piperidine rings is 1. The number of benzene rings is 1. The van der Waals surface area contributed by atoms with E-state index in [2.05, 4.69) is 14.9 Å². The molecule has 4 rings (SSSR count). The lowest BCUT2D eigenvalue weighted by Gasteiger charge is -2.43. The van der Waals surface area contributed by atoms with E-state index in [1.54, 1.807) is 24.7 Å². The summed E-state index contributed by atoms with van der Waals surface area (Å²) in [5, 5.41) is 9.08. The fourth-order valence-corrected chi connectivity index (χ4v) is 3.81. The number of allylic oxidation sites excluding steroid dienone is 1. The molecule has 0 spiro atoms. The molecule has 2 aromatic rings. The molecule has 1 saturated heterocycles. The highest BCUT2D eigenvalue weighted by Gasteiger charge is 2.32. The van der Waals surface area contributed by atoms with E-state index in [1.807, 2.05) is 36.0 Å². The summed E-state index contributed by atoms with van der Waals surface area (Å²) in [6.45, 7) is 1.62. The SMILES string of the molecule is CN(C)c1ncc(N2C(c3ccc(C#N)c(F)c3)=CC=NC2N2CCC(N)CC2)cn1. The molecule has 1 atom stereocenters. The summed E-state index contributed by atoms with van der Waals surface area (Å²) in [6, 6.07) is 6.70. The fourth-order valence-electron chi connectivity index (χ4n) is 3.81. The van der Waals surface area contributed by atoms with Gasteiger partial charge in [0, 0.05) is 45.0 Å². The molecule has 2 N–H and O–H groups in total. The van der Waals surface area contributed by atoms with Crippen LogP contribution in [0.4, 0.5) is 16.0 Å². The number of aliphatic imine (C=N–C) groups is 1. The minimum absolute atomic E-state index is 0.0145. The zero-order valence-electron chi connectivity index (χ0n) is 17.6. The van der Waals surface area contributed by atoms with Crippen molar-refractivity contribution in [3.8, 4) is 6.07 Å². The van der Waals surface area contributed by atoms with Crippen molar-refractivity contribution in [2.24, 2.45) is 10.7 Å². The zero-order chi connectivity index (χ0) is 22.0. The Bertz CT molecular complexity index is 1030. The average molecular weight is 420 g/mol. The van der Waals surface area contributed by atoms with Gasteiger partial charge < -0.3 is 15.5 Å². The van der Waals surface area contributed by atoms with Crippen LogP contribution < -0.4 is 15.5 Å². The van der Waals surface area contributed by atoms with Crippen LogP contribution in [-0.4, -0.2) is 60.6 Å². The van der Waals surface area contributed by atoms with E-state index < -0.39 is 5.82 Å². The van der Waals surface area contributed by atoms with Crippen molar-refractivity contribution in [2.45, 2.75) is 25.2 Å². The summed E-state index contributed by atoms with van der Waals surface area (Å²) in [4.78, 5) is 19.7. The van der Waals surface area contributed by atoms with Crippen molar-refractivity contribution >= 4 is 23.5 Å². The van der Waals surface area contributed by atoms with Crippen LogP contribution in [0, 0.1) is 17.1 Å². The Morgan fingerprint density at radius 3 is 2.52 bits per heavy atom. The smallest absolute Gasteiger partial charge is 0.224 e. The monoisotopic (exact) mass is 420 g/mol. The quantitative estimate of drug-likeness (QED) is 0.810. The van der Waals surface area contributed by atoms with Gasteiger partial charge in [-0.15, -0.1) is 0 Å². The van der Waals surface area contributed by atoms with Crippen LogP contribution in [0.1, 0.15) is 24.0 Å². The largest absolute Gasteiger partial charge is 0.347 e. The van der Waals surface area contributed by atoms with E-state index in [0.717, 1.165) is 37.3 Å². The molecule has 1 fully saturated rings. The molecule has 0 bridgehead atoms. The molecule has 0 amide bonds. The highest BCUT2D eigenvalue weighted by atomic mass is 19.1. The first kappa shape index (κ1) is 20.9. The van der Waals surface area contributed by atoms with Crippen molar-refractivity contribution in [1.82, 2.24) is 14.9 Å². The van der Waals surface area contributed by atoms with E-state index in [9.17, 15) is 4.39 Å². The Morgan fingerprint density at radius 1 is 1.19 bits per heavy atom. The van der Waals surface area contributed by atoms with Gasteiger partial charge in [-0.25, -0.2) is 14.4 Å². The second-order valence-corrected chi connectivity index (χ2v) is 7.88. The van der Waals surface area contributed by atoms with Gasteiger partial charge in [0.1, 0.15) is 11.9 Å². The first-order valence-corrected chi connectivity index (χ1v) is 10.2. The number of halogens is 1. The summed E-state index contributed by atoms with van der Waals surface area (Å²) < 4.78 is 14.4. The Hall–Kier alpha value is -3.35. The summed E-state index contributed by atoms with van der Waals surface area (Å²) in [5.74, 6) is 0.0442. The number of aromatic nitrogens is 2. The van der Waals surface area contributed by atoms with Crippen molar-refractivity contribution in [3.05, 3.63) is 53.6 Å². The lowest BCUT2D eigenvalue weighted by atomic mass is 10.0. The van der Waals surface area contributed by atoms with Crippen LogP contribution in [-0.2, 0) is 0 Å². The first-order chi connectivity index (χ1) is 15.0. The van der Waals surface area contributed by atoms with Crippen molar-refractivity contribution < 1.29 is 4.39 Å². The van der Waals surface area contributed by atoms with Crippen LogP contribution in [0.15, 0.2) is 41.7 Å². The van der Waals surface area contributed by atoms with Crippen LogP contribution in [0.2, 0.25) is 0 Å². The summed E-state index contributed by atoms with van der Waals surface area (Å²) in [5.41, 5.74) is 8.27. The maximum atomic E-state index is 14.4. The van der Waals surface area contributed by atoms with E-state index in [0.29, 0.717) is 11.5 Å². The Labute approximate surface area is 181 Å². The summed E-state index contributed by atoms with van der Waals surface area (Å²) >= 11 is 0. The van der Waals surface area contributed by atoms with Crippen LogP contribution in [0.25, 0.3) is 5.70 Å².